The van der Waals surface area contributed by atoms with E-state index in [1.165, 1.54) is 25.1 Å². The predicted molar refractivity (Wildman–Crippen MR) is 88.1 cm³/mol. The zero-order valence-electron chi connectivity index (χ0n) is 13.7. The summed E-state index contributed by atoms with van der Waals surface area (Å²) in [5, 5.41) is 10.5. The van der Waals surface area contributed by atoms with Crippen molar-refractivity contribution < 1.29 is 18.8 Å². The first-order chi connectivity index (χ1) is 11.5. The molecule has 0 unspecified atom stereocenters. The van der Waals surface area contributed by atoms with Crippen molar-refractivity contribution in [1.82, 2.24) is 21.3 Å². The molecule has 0 saturated carbocycles. The second-order valence-electron chi connectivity index (χ2n) is 5.11. The second kappa shape index (κ2) is 11.0. The average molecular weight is 338 g/mol. The first-order valence-electron chi connectivity index (χ1n) is 7.79. The fourth-order valence-electron chi connectivity index (χ4n) is 1.85. The number of benzene rings is 1. The zero-order valence-corrected chi connectivity index (χ0v) is 13.7. The van der Waals surface area contributed by atoms with Crippen LogP contribution < -0.4 is 21.3 Å². The number of amides is 4. The zero-order chi connectivity index (χ0) is 17.8. The smallest absolute Gasteiger partial charge is 0.314 e. The SMILES string of the molecule is CC(=O)NCCCNC(=O)NCCCNC(=O)c1ccccc1F. The summed E-state index contributed by atoms with van der Waals surface area (Å²) in [6, 6.07) is 5.45. The lowest BCUT2D eigenvalue weighted by atomic mass is 10.2. The average Bonchev–Trinajstić information content (AvgIpc) is 2.54. The Kier molecular flexibility index (Phi) is 8.88. The Balaban J connectivity index is 2.05. The van der Waals surface area contributed by atoms with Crippen molar-refractivity contribution >= 4 is 17.8 Å². The van der Waals surface area contributed by atoms with E-state index in [1.807, 2.05) is 0 Å². The van der Waals surface area contributed by atoms with E-state index in [2.05, 4.69) is 21.3 Å². The highest BCUT2D eigenvalue weighted by Crippen LogP contribution is 2.05. The molecule has 0 heterocycles. The van der Waals surface area contributed by atoms with Crippen molar-refractivity contribution in [2.45, 2.75) is 19.8 Å². The van der Waals surface area contributed by atoms with Crippen LogP contribution in [-0.4, -0.2) is 44.0 Å². The molecular weight excluding hydrogens is 315 g/mol. The van der Waals surface area contributed by atoms with Gasteiger partial charge in [0.25, 0.3) is 5.91 Å². The van der Waals surface area contributed by atoms with Crippen molar-refractivity contribution in [2.24, 2.45) is 0 Å². The minimum Gasteiger partial charge on any atom is -0.356 e. The molecule has 0 aliphatic heterocycles. The molecule has 1 aromatic carbocycles. The number of halogens is 1. The monoisotopic (exact) mass is 338 g/mol. The summed E-state index contributed by atoms with van der Waals surface area (Å²) in [6.45, 7) is 3.12. The molecule has 8 heteroatoms. The summed E-state index contributed by atoms with van der Waals surface area (Å²) in [6.07, 6.45) is 1.17. The van der Waals surface area contributed by atoms with Crippen LogP contribution in [0.25, 0.3) is 0 Å². The number of hydrogen-bond donors (Lipinski definition) is 4. The third-order valence-corrected chi connectivity index (χ3v) is 3.06. The van der Waals surface area contributed by atoms with E-state index in [9.17, 15) is 18.8 Å². The third-order valence-electron chi connectivity index (χ3n) is 3.06. The maximum atomic E-state index is 13.4. The van der Waals surface area contributed by atoms with Crippen molar-refractivity contribution in [3.05, 3.63) is 35.6 Å². The Labute approximate surface area is 140 Å². The maximum Gasteiger partial charge on any atom is 0.314 e. The molecule has 0 bridgehead atoms. The molecule has 0 fully saturated rings. The molecular formula is C16H23FN4O3. The molecule has 4 amide bonds. The van der Waals surface area contributed by atoms with E-state index in [0.717, 1.165) is 0 Å². The fraction of sp³-hybridized carbons (Fsp3) is 0.438. The van der Waals surface area contributed by atoms with Crippen LogP contribution in [0.4, 0.5) is 9.18 Å². The van der Waals surface area contributed by atoms with Crippen LogP contribution in [0.2, 0.25) is 0 Å². The van der Waals surface area contributed by atoms with Gasteiger partial charge in [0, 0.05) is 33.1 Å². The summed E-state index contributed by atoms with van der Waals surface area (Å²) in [5.74, 6) is -1.14. The predicted octanol–water partition coefficient (Wildman–Crippen LogP) is 0.771. The van der Waals surface area contributed by atoms with E-state index in [0.29, 0.717) is 39.0 Å². The molecule has 0 aliphatic carbocycles. The quantitative estimate of drug-likeness (QED) is 0.501. The Hall–Kier alpha value is -2.64. The van der Waals surface area contributed by atoms with Crippen LogP contribution in [0.1, 0.15) is 30.1 Å². The molecule has 0 saturated heterocycles. The van der Waals surface area contributed by atoms with Gasteiger partial charge in [-0.1, -0.05) is 12.1 Å². The van der Waals surface area contributed by atoms with Crippen LogP contribution in [-0.2, 0) is 4.79 Å². The number of rotatable bonds is 9. The van der Waals surface area contributed by atoms with Gasteiger partial charge in [0.2, 0.25) is 5.91 Å². The molecule has 0 atom stereocenters. The molecule has 4 N–H and O–H groups in total. The normalized spacial score (nSPS) is 9.92. The Morgan fingerprint density at radius 1 is 0.875 bits per heavy atom. The van der Waals surface area contributed by atoms with Crippen molar-refractivity contribution in [3.8, 4) is 0 Å². The lowest BCUT2D eigenvalue weighted by Gasteiger charge is -2.09. The van der Waals surface area contributed by atoms with Gasteiger partial charge in [0.15, 0.2) is 0 Å². The highest BCUT2D eigenvalue weighted by molar-refractivity contribution is 5.94. The number of urea groups is 1. The molecule has 0 radical (unpaired) electrons. The van der Waals surface area contributed by atoms with Gasteiger partial charge in [0.1, 0.15) is 5.82 Å². The highest BCUT2D eigenvalue weighted by atomic mass is 19.1. The minimum absolute atomic E-state index is 0.00220. The molecule has 132 valence electrons. The van der Waals surface area contributed by atoms with Crippen molar-refractivity contribution in [2.75, 3.05) is 26.2 Å². The van der Waals surface area contributed by atoms with Crippen molar-refractivity contribution in [1.29, 1.82) is 0 Å². The van der Waals surface area contributed by atoms with Gasteiger partial charge < -0.3 is 21.3 Å². The lowest BCUT2D eigenvalue weighted by molar-refractivity contribution is -0.118. The maximum absolute atomic E-state index is 13.4. The highest BCUT2D eigenvalue weighted by Gasteiger charge is 2.09. The Bertz CT molecular complexity index is 566. The van der Waals surface area contributed by atoms with Gasteiger partial charge in [-0.05, 0) is 25.0 Å². The number of hydrogen-bond acceptors (Lipinski definition) is 3. The molecule has 0 aromatic heterocycles. The largest absolute Gasteiger partial charge is 0.356 e. The molecule has 0 aliphatic rings. The molecule has 24 heavy (non-hydrogen) atoms. The summed E-state index contributed by atoms with van der Waals surface area (Å²) < 4.78 is 13.4. The lowest BCUT2D eigenvalue weighted by Crippen LogP contribution is -2.38. The van der Waals surface area contributed by atoms with Gasteiger partial charge >= 0.3 is 6.03 Å². The van der Waals surface area contributed by atoms with Gasteiger partial charge in [-0.3, -0.25) is 9.59 Å². The molecule has 7 nitrogen and oxygen atoms in total. The number of carbonyl (C=O) groups is 3. The first-order valence-corrected chi connectivity index (χ1v) is 7.79. The van der Waals surface area contributed by atoms with Crippen LogP contribution >= 0.6 is 0 Å². The van der Waals surface area contributed by atoms with Crippen LogP contribution in [0.3, 0.4) is 0 Å². The van der Waals surface area contributed by atoms with Crippen molar-refractivity contribution in [3.63, 3.8) is 0 Å². The summed E-state index contributed by atoms with van der Waals surface area (Å²) in [7, 11) is 0. The third kappa shape index (κ3) is 8.11. The van der Waals surface area contributed by atoms with Gasteiger partial charge in [-0.15, -0.1) is 0 Å². The molecule has 0 spiro atoms. The first kappa shape index (κ1) is 19.4. The van der Waals surface area contributed by atoms with Crippen LogP contribution in [0.15, 0.2) is 24.3 Å². The van der Waals surface area contributed by atoms with E-state index < -0.39 is 11.7 Å². The Morgan fingerprint density at radius 3 is 2.00 bits per heavy atom. The van der Waals surface area contributed by atoms with E-state index in [-0.39, 0.29) is 17.5 Å². The van der Waals surface area contributed by atoms with Gasteiger partial charge in [0.05, 0.1) is 5.56 Å². The second-order valence-corrected chi connectivity index (χ2v) is 5.11. The standard InChI is InChI=1S/C16H23FN4O3/c1-12(22)18-8-4-10-20-16(24)21-11-5-9-19-15(23)13-6-2-3-7-14(13)17/h2-3,6-7H,4-5,8-11H2,1H3,(H,18,22)(H,19,23)(H2,20,21,24). The Morgan fingerprint density at radius 2 is 1.42 bits per heavy atom. The molecule has 1 rings (SSSR count). The van der Waals surface area contributed by atoms with Gasteiger partial charge in [-0.2, -0.15) is 0 Å². The summed E-state index contributed by atoms with van der Waals surface area (Å²) in [5.41, 5.74) is 0.00220. The minimum atomic E-state index is -0.563. The van der Waals surface area contributed by atoms with E-state index in [4.69, 9.17) is 0 Å². The van der Waals surface area contributed by atoms with E-state index >= 15 is 0 Å². The summed E-state index contributed by atoms with van der Waals surface area (Å²) in [4.78, 5) is 33.8. The number of nitrogens with one attached hydrogen (secondary N) is 4. The van der Waals surface area contributed by atoms with E-state index in [1.54, 1.807) is 6.07 Å². The van der Waals surface area contributed by atoms with Crippen LogP contribution in [0.5, 0.6) is 0 Å². The van der Waals surface area contributed by atoms with Crippen LogP contribution in [0, 0.1) is 5.82 Å². The van der Waals surface area contributed by atoms with Gasteiger partial charge in [-0.25, -0.2) is 9.18 Å². The topological polar surface area (TPSA) is 99.3 Å². The fourth-order valence-corrected chi connectivity index (χ4v) is 1.85. The number of carbonyl (C=O) groups excluding carboxylic acids is 3. The molecule has 1 aromatic rings. The summed E-state index contributed by atoms with van der Waals surface area (Å²) >= 11 is 0.